The first-order valence-corrected chi connectivity index (χ1v) is 8.34. The summed E-state index contributed by atoms with van der Waals surface area (Å²) in [7, 11) is 0. The van der Waals surface area contributed by atoms with Crippen LogP contribution in [-0.4, -0.2) is 32.7 Å². The molecule has 1 aromatic heterocycles. The molecule has 1 heterocycles. The van der Waals surface area contributed by atoms with E-state index < -0.39 is 0 Å². The molecule has 4 rings (SSSR count). The van der Waals surface area contributed by atoms with Crippen molar-refractivity contribution in [1.82, 2.24) is 15.0 Å². The lowest BCUT2D eigenvalue weighted by atomic mass is 10.1. The predicted molar refractivity (Wildman–Crippen MR) is 106 cm³/mol. The lowest BCUT2D eigenvalue weighted by Gasteiger charge is -2.08. The molecule has 0 aliphatic carbocycles. The number of aromatic nitrogens is 3. The van der Waals surface area contributed by atoms with Crippen LogP contribution in [0.2, 0.25) is 0 Å². The van der Waals surface area contributed by atoms with Gasteiger partial charge in [-0.3, -0.25) is 0 Å². The molecule has 0 fully saturated rings. The highest BCUT2D eigenvalue weighted by Crippen LogP contribution is 2.24. The summed E-state index contributed by atoms with van der Waals surface area (Å²) in [6.45, 7) is 0. The minimum atomic E-state index is 0. The Labute approximate surface area is 158 Å². The zero-order valence-electron chi connectivity index (χ0n) is 14.5. The second-order valence-corrected chi connectivity index (χ2v) is 5.52. The van der Waals surface area contributed by atoms with Crippen LogP contribution in [-0.2, 0) is 0 Å². The van der Waals surface area contributed by atoms with Gasteiger partial charge in [0.25, 0.3) is 0 Å². The SMILES string of the molecule is O[B]O.c1ccc(-c2nc(-c3ccccc3)nc(-c3ccccc3)n2)cc1. The van der Waals surface area contributed by atoms with Crippen LogP contribution in [0, 0.1) is 0 Å². The van der Waals surface area contributed by atoms with Crippen molar-refractivity contribution in [3.05, 3.63) is 91.0 Å². The maximum absolute atomic E-state index is 7.00. The summed E-state index contributed by atoms with van der Waals surface area (Å²) >= 11 is 0. The van der Waals surface area contributed by atoms with Crippen molar-refractivity contribution in [2.75, 3.05) is 0 Å². The van der Waals surface area contributed by atoms with Gasteiger partial charge in [0.1, 0.15) is 0 Å². The van der Waals surface area contributed by atoms with Crippen molar-refractivity contribution in [2.24, 2.45) is 0 Å². The summed E-state index contributed by atoms with van der Waals surface area (Å²) < 4.78 is 0. The normalized spacial score (nSPS) is 9.85. The molecule has 27 heavy (non-hydrogen) atoms. The number of benzene rings is 3. The van der Waals surface area contributed by atoms with Gasteiger partial charge in [0.05, 0.1) is 0 Å². The minimum absolute atomic E-state index is 0. The quantitative estimate of drug-likeness (QED) is 0.552. The molecular weight excluding hydrogens is 337 g/mol. The van der Waals surface area contributed by atoms with Crippen molar-refractivity contribution in [3.63, 3.8) is 0 Å². The second-order valence-electron chi connectivity index (χ2n) is 5.52. The summed E-state index contributed by atoms with van der Waals surface area (Å²) in [6.07, 6.45) is 0. The van der Waals surface area contributed by atoms with Gasteiger partial charge in [-0.15, -0.1) is 0 Å². The second kappa shape index (κ2) is 9.38. The van der Waals surface area contributed by atoms with Gasteiger partial charge in [-0.2, -0.15) is 0 Å². The third-order valence-electron chi connectivity index (χ3n) is 3.73. The van der Waals surface area contributed by atoms with Gasteiger partial charge in [0.15, 0.2) is 17.5 Å². The molecule has 3 aromatic carbocycles. The fourth-order valence-electron chi connectivity index (χ4n) is 2.52. The van der Waals surface area contributed by atoms with E-state index in [9.17, 15) is 0 Å². The van der Waals surface area contributed by atoms with E-state index in [1.165, 1.54) is 0 Å². The van der Waals surface area contributed by atoms with Crippen LogP contribution in [0.25, 0.3) is 34.2 Å². The zero-order valence-corrected chi connectivity index (χ0v) is 14.5. The number of hydrogen-bond donors (Lipinski definition) is 2. The molecule has 2 N–H and O–H groups in total. The third-order valence-corrected chi connectivity index (χ3v) is 3.73. The average Bonchev–Trinajstić information content (AvgIpc) is 2.76. The predicted octanol–water partition coefficient (Wildman–Crippen LogP) is 3.38. The Morgan fingerprint density at radius 1 is 0.444 bits per heavy atom. The molecule has 0 aliphatic heterocycles. The van der Waals surface area contributed by atoms with Crippen molar-refractivity contribution in [3.8, 4) is 34.2 Å². The Bertz CT molecular complexity index is 829. The van der Waals surface area contributed by atoms with Gasteiger partial charge in [0, 0.05) is 16.7 Å². The van der Waals surface area contributed by atoms with Crippen molar-refractivity contribution < 1.29 is 10.0 Å². The van der Waals surface area contributed by atoms with Crippen LogP contribution >= 0.6 is 0 Å². The van der Waals surface area contributed by atoms with Gasteiger partial charge in [-0.25, -0.2) is 15.0 Å². The largest absolute Gasteiger partial charge is 0.482 e. The van der Waals surface area contributed by atoms with Crippen molar-refractivity contribution >= 4 is 7.69 Å². The molecule has 0 bridgehead atoms. The van der Waals surface area contributed by atoms with Gasteiger partial charge < -0.3 is 10.0 Å². The average molecular weight is 354 g/mol. The van der Waals surface area contributed by atoms with E-state index in [2.05, 4.69) is 15.0 Å². The first-order valence-electron chi connectivity index (χ1n) is 8.34. The highest BCUT2D eigenvalue weighted by atomic mass is 16.4. The molecule has 131 valence electrons. The molecular formula is C21H17BN3O2. The number of hydrogen-bond acceptors (Lipinski definition) is 5. The van der Waals surface area contributed by atoms with E-state index in [1.54, 1.807) is 0 Å². The molecule has 0 aliphatic rings. The number of nitrogens with zero attached hydrogens (tertiary/aromatic N) is 3. The first-order chi connectivity index (χ1) is 13.3. The molecule has 0 saturated heterocycles. The molecule has 4 aromatic rings. The van der Waals surface area contributed by atoms with E-state index >= 15 is 0 Å². The standard InChI is InChI=1S/C21H15N3.BH2O2/c1-4-10-16(11-5-1)19-22-20(17-12-6-2-7-13-17)24-21(23-19)18-14-8-3-9-15-18;2-1-3/h1-15H;2-3H. The molecule has 5 nitrogen and oxygen atoms in total. The van der Waals surface area contributed by atoms with Crippen molar-refractivity contribution in [1.29, 1.82) is 0 Å². The highest BCUT2D eigenvalue weighted by Gasteiger charge is 2.11. The van der Waals surface area contributed by atoms with Crippen LogP contribution in [0.3, 0.4) is 0 Å². The Morgan fingerprint density at radius 2 is 0.667 bits per heavy atom. The lowest BCUT2D eigenvalue weighted by Crippen LogP contribution is -1.99. The van der Waals surface area contributed by atoms with E-state index in [0.717, 1.165) is 16.7 Å². The summed E-state index contributed by atoms with van der Waals surface area (Å²) in [5.74, 6) is 2.05. The first kappa shape index (κ1) is 18.4. The molecule has 6 heteroatoms. The van der Waals surface area contributed by atoms with Crippen LogP contribution in [0.4, 0.5) is 0 Å². The van der Waals surface area contributed by atoms with E-state index in [-0.39, 0.29) is 7.69 Å². The molecule has 0 amide bonds. The molecule has 0 unspecified atom stereocenters. The van der Waals surface area contributed by atoms with E-state index in [1.807, 2.05) is 91.0 Å². The van der Waals surface area contributed by atoms with Crippen LogP contribution in [0.1, 0.15) is 0 Å². The maximum atomic E-state index is 7.00. The van der Waals surface area contributed by atoms with Gasteiger partial charge >= 0.3 is 7.69 Å². The van der Waals surface area contributed by atoms with E-state index in [4.69, 9.17) is 10.0 Å². The smallest absolute Gasteiger partial charge is 0.429 e. The van der Waals surface area contributed by atoms with Crippen LogP contribution in [0.5, 0.6) is 0 Å². The monoisotopic (exact) mass is 354 g/mol. The van der Waals surface area contributed by atoms with E-state index in [0.29, 0.717) is 17.5 Å². The summed E-state index contributed by atoms with van der Waals surface area (Å²) in [5, 5.41) is 14.0. The molecule has 0 spiro atoms. The zero-order chi connectivity index (χ0) is 18.9. The molecule has 1 radical (unpaired) electrons. The summed E-state index contributed by atoms with van der Waals surface area (Å²) in [5.41, 5.74) is 2.94. The van der Waals surface area contributed by atoms with Gasteiger partial charge in [-0.05, 0) is 0 Å². The summed E-state index contributed by atoms with van der Waals surface area (Å²) in [4.78, 5) is 14.0. The third kappa shape index (κ3) is 4.85. The van der Waals surface area contributed by atoms with Crippen molar-refractivity contribution in [2.45, 2.75) is 0 Å². The number of rotatable bonds is 3. The minimum Gasteiger partial charge on any atom is -0.429 e. The maximum Gasteiger partial charge on any atom is 0.482 e. The Balaban J connectivity index is 0.000000659. The Morgan fingerprint density at radius 3 is 0.889 bits per heavy atom. The molecule has 0 atom stereocenters. The lowest BCUT2D eigenvalue weighted by molar-refractivity contribution is 0.448. The Hall–Kier alpha value is -3.35. The topological polar surface area (TPSA) is 79.1 Å². The summed E-state index contributed by atoms with van der Waals surface area (Å²) in [6, 6.07) is 30.0. The van der Waals surface area contributed by atoms with Crippen LogP contribution < -0.4 is 0 Å². The fraction of sp³-hybridized carbons (Fsp3) is 0. The molecule has 0 saturated carbocycles. The van der Waals surface area contributed by atoms with Crippen LogP contribution in [0.15, 0.2) is 91.0 Å². The highest BCUT2D eigenvalue weighted by molar-refractivity contribution is 6.13. The fourth-order valence-corrected chi connectivity index (χ4v) is 2.52. The van der Waals surface area contributed by atoms with Gasteiger partial charge in [-0.1, -0.05) is 91.0 Å². The Kier molecular flexibility index (Phi) is 6.41. The van der Waals surface area contributed by atoms with Gasteiger partial charge in [0.2, 0.25) is 0 Å².